The number of nitrogens with zero attached hydrogens (tertiary/aromatic N) is 4. The van der Waals surface area contributed by atoms with Crippen molar-refractivity contribution in [2.45, 2.75) is 33.4 Å². The summed E-state index contributed by atoms with van der Waals surface area (Å²) in [4.78, 5) is 4.66. The number of nitrogens with one attached hydrogen (secondary N) is 1. The number of para-hydroxylation sites is 1. The Kier molecular flexibility index (Phi) is 3.66. The van der Waals surface area contributed by atoms with Gasteiger partial charge in [0.05, 0.1) is 5.52 Å². The number of aryl methyl sites for hydroxylation is 1. The number of fused-ring (bicyclic) bond motifs is 1. The molecule has 2 aromatic heterocycles. The van der Waals surface area contributed by atoms with Crippen molar-refractivity contribution < 1.29 is 0 Å². The predicted octanol–water partition coefficient (Wildman–Crippen LogP) is 2.62. The predicted molar refractivity (Wildman–Crippen MR) is 83.4 cm³/mol. The Morgan fingerprint density at radius 3 is 2.71 bits per heavy atom. The van der Waals surface area contributed by atoms with Gasteiger partial charge in [0.15, 0.2) is 5.82 Å². The van der Waals surface area contributed by atoms with Crippen molar-refractivity contribution in [2.75, 3.05) is 0 Å². The van der Waals surface area contributed by atoms with Gasteiger partial charge in [0.1, 0.15) is 5.52 Å². The van der Waals surface area contributed by atoms with Crippen LogP contribution >= 0.6 is 0 Å². The first-order valence-electron chi connectivity index (χ1n) is 7.16. The summed E-state index contributed by atoms with van der Waals surface area (Å²) in [7, 11) is 0. The number of hydrogen-bond donors (Lipinski definition) is 1. The highest BCUT2D eigenvalue weighted by atomic mass is 15.4. The Morgan fingerprint density at radius 2 is 1.95 bits per heavy atom. The minimum atomic E-state index is 0.461. The first kappa shape index (κ1) is 13.7. The summed E-state index contributed by atoms with van der Waals surface area (Å²) in [5.74, 6) is 0.800. The fourth-order valence-corrected chi connectivity index (χ4v) is 2.23. The zero-order chi connectivity index (χ0) is 14.8. The summed E-state index contributed by atoms with van der Waals surface area (Å²) in [6.07, 6.45) is 0. The second kappa shape index (κ2) is 5.61. The van der Waals surface area contributed by atoms with E-state index in [1.54, 1.807) is 4.68 Å². The van der Waals surface area contributed by atoms with E-state index in [0.29, 0.717) is 6.04 Å². The molecular formula is C16H19N5. The molecule has 0 radical (unpaired) electrons. The van der Waals surface area contributed by atoms with E-state index in [9.17, 15) is 0 Å². The molecule has 2 heterocycles. The number of pyridine rings is 1. The second-order valence-electron chi connectivity index (χ2n) is 5.44. The van der Waals surface area contributed by atoms with Gasteiger partial charge in [0.25, 0.3) is 0 Å². The fraction of sp³-hybridized carbons (Fsp3) is 0.312. The molecule has 0 atom stereocenters. The number of rotatable bonds is 4. The minimum Gasteiger partial charge on any atom is -0.310 e. The van der Waals surface area contributed by atoms with E-state index in [0.717, 1.165) is 29.1 Å². The molecule has 3 rings (SSSR count). The quantitative estimate of drug-likeness (QED) is 0.798. The van der Waals surface area contributed by atoms with Crippen molar-refractivity contribution in [3.05, 3.63) is 47.7 Å². The Hall–Kier alpha value is -2.27. The average molecular weight is 281 g/mol. The smallest absolute Gasteiger partial charge is 0.156 e. The largest absolute Gasteiger partial charge is 0.310 e. The van der Waals surface area contributed by atoms with Crippen LogP contribution in [0.15, 0.2) is 36.4 Å². The Labute approximate surface area is 124 Å². The summed E-state index contributed by atoms with van der Waals surface area (Å²) in [6.45, 7) is 7.13. The summed E-state index contributed by atoms with van der Waals surface area (Å²) >= 11 is 0. The van der Waals surface area contributed by atoms with E-state index in [4.69, 9.17) is 0 Å². The lowest BCUT2D eigenvalue weighted by Gasteiger charge is -2.11. The van der Waals surface area contributed by atoms with Crippen LogP contribution in [0.3, 0.4) is 0 Å². The zero-order valence-corrected chi connectivity index (χ0v) is 12.5. The van der Waals surface area contributed by atoms with Crippen LogP contribution in [0.1, 0.15) is 25.1 Å². The third-order valence-corrected chi connectivity index (χ3v) is 3.45. The molecule has 108 valence electrons. The van der Waals surface area contributed by atoms with Gasteiger partial charge in [-0.3, -0.25) is 0 Å². The van der Waals surface area contributed by atoms with Crippen molar-refractivity contribution in [1.82, 2.24) is 25.3 Å². The Morgan fingerprint density at radius 1 is 1.14 bits per heavy atom. The molecule has 0 saturated carbocycles. The second-order valence-corrected chi connectivity index (χ2v) is 5.44. The van der Waals surface area contributed by atoms with E-state index in [1.165, 1.54) is 5.56 Å². The van der Waals surface area contributed by atoms with Gasteiger partial charge in [-0.1, -0.05) is 37.3 Å². The molecule has 1 N–H and O–H groups in total. The molecule has 0 spiro atoms. The molecule has 0 amide bonds. The van der Waals surface area contributed by atoms with Crippen molar-refractivity contribution in [2.24, 2.45) is 0 Å². The van der Waals surface area contributed by atoms with Crippen LogP contribution in [0, 0.1) is 6.92 Å². The molecule has 0 aliphatic rings. The summed E-state index contributed by atoms with van der Waals surface area (Å²) < 4.78 is 1.78. The maximum atomic E-state index is 4.66. The molecule has 0 fully saturated rings. The molecule has 5 nitrogen and oxygen atoms in total. The van der Waals surface area contributed by atoms with Gasteiger partial charge in [-0.15, -0.1) is 5.10 Å². The SMILES string of the molecule is Cc1nc(-n2nnc3ccccc32)ccc1CNC(C)C. The fourth-order valence-electron chi connectivity index (χ4n) is 2.23. The van der Waals surface area contributed by atoms with E-state index in [1.807, 2.05) is 37.3 Å². The van der Waals surface area contributed by atoms with E-state index in [-0.39, 0.29) is 0 Å². The maximum absolute atomic E-state index is 4.66. The third kappa shape index (κ3) is 2.78. The van der Waals surface area contributed by atoms with Gasteiger partial charge in [0, 0.05) is 18.3 Å². The molecule has 0 unspecified atom stereocenters. The molecular weight excluding hydrogens is 262 g/mol. The molecule has 5 heteroatoms. The van der Waals surface area contributed by atoms with Crippen LogP contribution in [-0.4, -0.2) is 26.0 Å². The van der Waals surface area contributed by atoms with Crippen molar-refractivity contribution >= 4 is 11.0 Å². The third-order valence-electron chi connectivity index (χ3n) is 3.45. The highest BCUT2D eigenvalue weighted by molar-refractivity contribution is 5.75. The standard InChI is InChI=1S/C16H19N5/c1-11(2)17-10-13-8-9-16(18-12(13)3)21-15-7-5-4-6-14(15)19-20-21/h4-9,11,17H,10H2,1-3H3. The summed E-state index contributed by atoms with van der Waals surface area (Å²) in [6, 6.07) is 12.4. The van der Waals surface area contributed by atoms with Gasteiger partial charge < -0.3 is 5.32 Å². The lowest BCUT2D eigenvalue weighted by atomic mass is 10.2. The molecule has 3 aromatic rings. The maximum Gasteiger partial charge on any atom is 0.156 e. The van der Waals surface area contributed by atoms with Gasteiger partial charge in [-0.25, -0.2) is 4.98 Å². The number of benzene rings is 1. The van der Waals surface area contributed by atoms with Gasteiger partial charge >= 0.3 is 0 Å². The molecule has 1 aromatic carbocycles. The van der Waals surface area contributed by atoms with Gasteiger partial charge in [0.2, 0.25) is 0 Å². The average Bonchev–Trinajstić information content (AvgIpc) is 2.89. The van der Waals surface area contributed by atoms with Gasteiger partial charge in [-0.2, -0.15) is 4.68 Å². The van der Waals surface area contributed by atoms with Crippen molar-refractivity contribution in [3.8, 4) is 5.82 Å². The summed E-state index contributed by atoms with van der Waals surface area (Å²) in [5.41, 5.74) is 4.07. The van der Waals surface area contributed by atoms with E-state index < -0.39 is 0 Å². The molecule has 21 heavy (non-hydrogen) atoms. The monoisotopic (exact) mass is 281 g/mol. The van der Waals surface area contributed by atoms with Crippen molar-refractivity contribution in [3.63, 3.8) is 0 Å². The highest BCUT2D eigenvalue weighted by Gasteiger charge is 2.09. The number of aromatic nitrogens is 4. The van der Waals surface area contributed by atoms with Crippen LogP contribution < -0.4 is 5.32 Å². The summed E-state index contributed by atoms with van der Waals surface area (Å²) in [5, 5.41) is 11.8. The lowest BCUT2D eigenvalue weighted by molar-refractivity contribution is 0.586. The zero-order valence-electron chi connectivity index (χ0n) is 12.5. The van der Waals surface area contributed by atoms with E-state index in [2.05, 4.69) is 40.5 Å². The van der Waals surface area contributed by atoms with Crippen LogP contribution in [0.25, 0.3) is 16.9 Å². The molecule has 0 aliphatic heterocycles. The molecule has 0 saturated heterocycles. The van der Waals surface area contributed by atoms with E-state index >= 15 is 0 Å². The first-order valence-corrected chi connectivity index (χ1v) is 7.16. The Balaban J connectivity index is 1.95. The Bertz CT molecular complexity index is 760. The normalized spacial score (nSPS) is 11.4. The van der Waals surface area contributed by atoms with Gasteiger partial charge in [-0.05, 0) is 30.7 Å². The van der Waals surface area contributed by atoms with Crippen LogP contribution in [0.2, 0.25) is 0 Å². The van der Waals surface area contributed by atoms with Crippen LogP contribution in [-0.2, 0) is 6.54 Å². The molecule has 0 bridgehead atoms. The van der Waals surface area contributed by atoms with Crippen molar-refractivity contribution in [1.29, 1.82) is 0 Å². The minimum absolute atomic E-state index is 0.461. The lowest BCUT2D eigenvalue weighted by Crippen LogP contribution is -2.22. The highest BCUT2D eigenvalue weighted by Crippen LogP contribution is 2.16. The first-order chi connectivity index (χ1) is 10.1. The molecule has 0 aliphatic carbocycles. The van der Waals surface area contributed by atoms with Crippen LogP contribution in [0.5, 0.6) is 0 Å². The number of hydrogen-bond acceptors (Lipinski definition) is 4. The van der Waals surface area contributed by atoms with Crippen LogP contribution in [0.4, 0.5) is 0 Å². The topological polar surface area (TPSA) is 55.6 Å².